The first-order chi connectivity index (χ1) is 17.7. The lowest BCUT2D eigenvalue weighted by molar-refractivity contribution is -0.137. The maximum atomic E-state index is 12.5. The number of amides is 2. The Labute approximate surface area is 224 Å². The lowest BCUT2D eigenvalue weighted by atomic mass is 10.00. The molecule has 1 atom stereocenters. The number of halogens is 1. The zero-order valence-corrected chi connectivity index (χ0v) is 22.2. The number of anilines is 1. The van der Waals surface area contributed by atoms with Gasteiger partial charge in [-0.3, -0.25) is 9.59 Å². The summed E-state index contributed by atoms with van der Waals surface area (Å²) in [4.78, 5) is 36.3. The van der Waals surface area contributed by atoms with Gasteiger partial charge in [-0.25, -0.2) is 4.79 Å². The van der Waals surface area contributed by atoms with Crippen LogP contribution in [-0.4, -0.2) is 23.1 Å². The van der Waals surface area contributed by atoms with Gasteiger partial charge in [0.25, 0.3) is 0 Å². The average Bonchev–Trinajstić information content (AvgIpc) is 2.84. The van der Waals surface area contributed by atoms with Crippen molar-refractivity contribution < 1.29 is 24.2 Å². The highest BCUT2D eigenvalue weighted by Crippen LogP contribution is 2.22. The van der Waals surface area contributed by atoms with Crippen molar-refractivity contribution in [1.82, 2.24) is 5.32 Å². The van der Waals surface area contributed by atoms with Gasteiger partial charge in [-0.1, -0.05) is 64.5 Å². The molecule has 0 aromatic heterocycles. The number of rotatable bonds is 10. The quantitative estimate of drug-likeness (QED) is 0.252. The number of aliphatic carboxylic acids is 1. The molecule has 0 aliphatic heterocycles. The molecule has 0 aliphatic carbocycles. The molecule has 0 radical (unpaired) electrons. The monoisotopic (exact) mass is 564 g/mol. The molecule has 8 heteroatoms. The highest BCUT2D eigenvalue weighted by molar-refractivity contribution is 9.10. The molecule has 0 aliphatic rings. The van der Waals surface area contributed by atoms with Gasteiger partial charge in [-0.2, -0.15) is 0 Å². The molecule has 0 bridgehead atoms. The van der Waals surface area contributed by atoms with Crippen LogP contribution in [-0.2, 0) is 27.4 Å². The van der Waals surface area contributed by atoms with Gasteiger partial charge in [0.15, 0.2) is 0 Å². The van der Waals surface area contributed by atoms with Gasteiger partial charge in [-0.15, -0.1) is 0 Å². The molecule has 0 spiro atoms. The smallest absolute Gasteiger partial charge is 0.407 e. The molecule has 0 fully saturated rings. The van der Waals surface area contributed by atoms with Crippen molar-refractivity contribution in [3.8, 4) is 0 Å². The Bertz CT molecular complexity index is 1270. The number of benzene rings is 3. The second-order valence-electron chi connectivity index (χ2n) is 8.60. The van der Waals surface area contributed by atoms with Gasteiger partial charge in [0.2, 0.25) is 5.91 Å². The SMILES string of the molecule is Cc1cc(Br)cc(C)c1CC=CC(=O)Nc1cccc(C(CC(=O)O)NC(=O)OCc2ccccc2)c1. The van der Waals surface area contributed by atoms with Crippen LogP contribution in [0, 0.1) is 13.8 Å². The second kappa shape index (κ2) is 13.4. The van der Waals surface area contributed by atoms with Gasteiger partial charge in [0.05, 0.1) is 12.5 Å². The number of allylic oxidation sites excluding steroid dienone is 1. The number of carboxylic acid groups (broad SMARTS) is 1. The van der Waals surface area contributed by atoms with E-state index >= 15 is 0 Å². The molecule has 2 amide bonds. The lowest BCUT2D eigenvalue weighted by Crippen LogP contribution is -2.30. The summed E-state index contributed by atoms with van der Waals surface area (Å²) >= 11 is 3.49. The number of hydrogen-bond donors (Lipinski definition) is 3. The molecular weight excluding hydrogens is 536 g/mol. The largest absolute Gasteiger partial charge is 0.481 e. The van der Waals surface area contributed by atoms with Crippen LogP contribution >= 0.6 is 15.9 Å². The molecule has 192 valence electrons. The summed E-state index contributed by atoms with van der Waals surface area (Å²) < 4.78 is 6.26. The van der Waals surface area contributed by atoms with E-state index in [0.717, 1.165) is 26.7 Å². The average molecular weight is 565 g/mol. The van der Waals surface area contributed by atoms with Crippen LogP contribution in [0.2, 0.25) is 0 Å². The molecule has 0 saturated heterocycles. The molecular formula is C29H29BrN2O5. The van der Waals surface area contributed by atoms with Gasteiger partial charge in [0.1, 0.15) is 6.61 Å². The van der Waals surface area contributed by atoms with Crippen molar-refractivity contribution >= 4 is 39.6 Å². The van der Waals surface area contributed by atoms with Crippen molar-refractivity contribution in [3.05, 3.63) is 111 Å². The van der Waals surface area contributed by atoms with Gasteiger partial charge >= 0.3 is 12.1 Å². The normalized spacial score (nSPS) is 11.6. The summed E-state index contributed by atoms with van der Waals surface area (Å²) in [6.45, 7) is 4.13. The van der Waals surface area contributed by atoms with Crippen LogP contribution in [0.5, 0.6) is 0 Å². The minimum atomic E-state index is -1.08. The van der Waals surface area contributed by atoms with Crippen LogP contribution < -0.4 is 10.6 Å². The lowest BCUT2D eigenvalue weighted by Gasteiger charge is -2.18. The predicted molar refractivity (Wildman–Crippen MR) is 146 cm³/mol. The fourth-order valence-corrected chi connectivity index (χ4v) is 4.58. The van der Waals surface area contributed by atoms with Crippen LogP contribution in [0.4, 0.5) is 10.5 Å². The first-order valence-electron chi connectivity index (χ1n) is 11.7. The van der Waals surface area contributed by atoms with E-state index in [1.165, 1.54) is 6.08 Å². The molecule has 1 unspecified atom stereocenters. The third-order valence-electron chi connectivity index (χ3n) is 5.69. The fraction of sp³-hybridized carbons (Fsp3) is 0.207. The number of hydrogen-bond acceptors (Lipinski definition) is 4. The minimum Gasteiger partial charge on any atom is -0.481 e. The Hall–Kier alpha value is -3.91. The maximum Gasteiger partial charge on any atom is 0.407 e. The second-order valence-corrected chi connectivity index (χ2v) is 9.51. The molecule has 3 rings (SSSR count). The van der Waals surface area contributed by atoms with Crippen molar-refractivity contribution in [2.75, 3.05) is 5.32 Å². The molecule has 3 aromatic rings. The maximum absolute atomic E-state index is 12.5. The summed E-state index contributed by atoms with van der Waals surface area (Å²) in [6.07, 6.45) is 2.82. The number of carboxylic acids is 1. The van der Waals surface area contributed by atoms with Crippen LogP contribution in [0.25, 0.3) is 0 Å². The van der Waals surface area contributed by atoms with E-state index in [0.29, 0.717) is 17.7 Å². The topological polar surface area (TPSA) is 105 Å². The standard InChI is InChI=1S/C29H29BrN2O5/c1-19-14-23(30)15-20(2)25(19)12-7-13-27(33)31-24-11-6-10-22(16-24)26(17-28(34)35)32-29(36)37-18-21-8-4-3-5-9-21/h3-11,13-16,26H,12,17-18H2,1-2H3,(H,31,33)(H,32,36)(H,34,35). The van der Waals surface area contributed by atoms with Crippen molar-refractivity contribution in [3.63, 3.8) is 0 Å². The van der Waals surface area contributed by atoms with Crippen molar-refractivity contribution in [2.24, 2.45) is 0 Å². The Morgan fingerprint density at radius 1 is 1.00 bits per heavy atom. The molecule has 37 heavy (non-hydrogen) atoms. The first-order valence-corrected chi connectivity index (χ1v) is 12.5. The van der Waals surface area contributed by atoms with Crippen LogP contribution in [0.1, 0.15) is 40.3 Å². The summed E-state index contributed by atoms with van der Waals surface area (Å²) in [5.41, 5.74) is 5.28. The molecule has 0 saturated carbocycles. The van der Waals surface area contributed by atoms with Gasteiger partial charge < -0.3 is 20.5 Å². The molecule has 0 heterocycles. The molecule has 7 nitrogen and oxygen atoms in total. The van der Waals surface area contributed by atoms with Gasteiger partial charge in [-0.05, 0) is 78.4 Å². The van der Waals surface area contributed by atoms with E-state index in [9.17, 15) is 19.5 Å². The van der Waals surface area contributed by atoms with Crippen molar-refractivity contribution in [1.29, 1.82) is 0 Å². The summed E-state index contributed by atoms with van der Waals surface area (Å²) in [5.74, 6) is -1.39. The number of alkyl carbamates (subject to hydrolysis) is 1. The predicted octanol–water partition coefficient (Wildman–Crippen LogP) is 6.25. The van der Waals surface area contributed by atoms with E-state index in [1.54, 1.807) is 30.3 Å². The number of carbonyl (C=O) groups excluding carboxylic acids is 2. The number of ether oxygens (including phenoxy) is 1. The Kier molecular flexibility index (Phi) is 10.0. The third-order valence-corrected chi connectivity index (χ3v) is 6.15. The van der Waals surface area contributed by atoms with E-state index in [4.69, 9.17) is 4.74 Å². The summed E-state index contributed by atoms with van der Waals surface area (Å²) in [7, 11) is 0. The zero-order valence-electron chi connectivity index (χ0n) is 20.7. The highest BCUT2D eigenvalue weighted by atomic mass is 79.9. The van der Waals surface area contributed by atoms with Crippen LogP contribution in [0.15, 0.2) is 83.4 Å². The Morgan fingerprint density at radius 3 is 2.38 bits per heavy atom. The molecule has 3 aromatic carbocycles. The number of carbonyl (C=O) groups is 3. The third kappa shape index (κ3) is 8.91. The number of nitrogens with one attached hydrogen (secondary N) is 2. The van der Waals surface area contributed by atoms with Gasteiger partial charge in [0, 0.05) is 10.2 Å². The summed E-state index contributed by atoms with van der Waals surface area (Å²) in [5, 5.41) is 14.8. The fourth-order valence-electron chi connectivity index (χ4n) is 3.90. The first kappa shape index (κ1) is 27.7. The van der Waals surface area contributed by atoms with E-state index in [2.05, 4.69) is 26.6 Å². The van der Waals surface area contributed by atoms with Crippen LogP contribution in [0.3, 0.4) is 0 Å². The highest BCUT2D eigenvalue weighted by Gasteiger charge is 2.19. The van der Waals surface area contributed by atoms with E-state index in [-0.39, 0.29) is 18.9 Å². The Morgan fingerprint density at radius 2 is 1.70 bits per heavy atom. The minimum absolute atomic E-state index is 0.0637. The van der Waals surface area contributed by atoms with Crippen molar-refractivity contribution in [2.45, 2.75) is 39.3 Å². The Balaban J connectivity index is 1.62. The number of aryl methyl sites for hydroxylation is 2. The van der Waals surface area contributed by atoms with E-state index < -0.39 is 18.1 Å². The van der Waals surface area contributed by atoms with E-state index in [1.807, 2.05) is 56.3 Å². The summed E-state index contributed by atoms with van der Waals surface area (Å²) in [6, 6.07) is 19.1. The molecule has 3 N–H and O–H groups in total. The zero-order chi connectivity index (χ0) is 26.8.